The quantitative estimate of drug-likeness (QED) is 0.755. The normalized spacial score (nSPS) is 11.1. The Morgan fingerprint density at radius 2 is 2.29 bits per heavy atom. The standard InChI is InChI=1S/C13H21N3S/c1-11(2)9-16(7-5-13(14)17)10-12-4-3-6-15-8-12/h3-4,6,8,11H,5,7,9-10H2,1-2H3,(H2,14,17). The minimum atomic E-state index is 0.588. The summed E-state index contributed by atoms with van der Waals surface area (Å²) in [6.45, 7) is 7.32. The molecule has 0 saturated heterocycles. The van der Waals surface area contributed by atoms with Gasteiger partial charge in [-0.1, -0.05) is 32.1 Å². The Balaban J connectivity index is 2.53. The molecule has 3 nitrogen and oxygen atoms in total. The predicted octanol–water partition coefficient (Wildman–Crippen LogP) is 2.22. The van der Waals surface area contributed by atoms with E-state index in [9.17, 15) is 0 Å². The lowest BCUT2D eigenvalue weighted by Crippen LogP contribution is -2.30. The van der Waals surface area contributed by atoms with Crippen LogP contribution in [0.1, 0.15) is 25.8 Å². The number of nitrogens with two attached hydrogens (primary N) is 1. The van der Waals surface area contributed by atoms with Crippen molar-refractivity contribution in [2.45, 2.75) is 26.8 Å². The van der Waals surface area contributed by atoms with Gasteiger partial charge < -0.3 is 5.73 Å². The van der Waals surface area contributed by atoms with Crippen molar-refractivity contribution in [1.29, 1.82) is 0 Å². The highest BCUT2D eigenvalue weighted by molar-refractivity contribution is 7.80. The Labute approximate surface area is 109 Å². The molecule has 0 aliphatic carbocycles. The molecule has 0 spiro atoms. The van der Waals surface area contributed by atoms with E-state index >= 15 is 0 Å². The summed E-state index contributed by atoms with van der Waals surface area (Å²) < 4.78 is 0. The van der Waals surface area contributed by atoms with Crippen LogP contribution in [0, 0.1) is 5.92 Å². The maximum Gasteiger partial charge on any atom is 0.0740 e. The van der Waals surface area contributed by atoms with Crippen LogP contribution in [-0.2, 0) is 6.54 Å². The van der Waals surface area contributed by atoms with Gasteiger partial charge in [0, 0.05) is 38.4 Å². The topological polar surface area (TPSA) is 42.1 Å². The second-order valence-corrected chi connectivity index (χ2v) is 5.23. The molecule has 2 N–H and O–H groups in total. The van der Waals surface area contributed by atoms with Crippen LogP contribution < -0.4 is 5.73 Å². The van der Waals surface area contributed by atoms with Crippen LogP contribution in [0.3, 0.4) is 0 Å². The fourth-order valence-electron chi connectivity index (χ4n) is 1.77. The molecule has 17 heavy (non-hydrogen) atoms. The van der Waals surface area contributed by atoms with Crippen molar-refractivity contribution in [3.63, 3.8) is 0 Å². The molecule has 1 aromatic rings. The van der Waals surface area contributed by atoms with Gasteiger partial charge in [0.25, 0.3) is 0 Å². The molecule has 0 aliphatic rings. The van der Waals surface area contributed by atoms with Gasteiger partial charge >= 0.3 is 0 Å². The lowest BCUT2D eigenvalue weighted by Gasteiger charge is -2.24. The third-order valence-electron chi connectivity index (χ3n) is 2.43. The molecular weight excluding hydrogens is 230 g/mol. The molecule has 4 heteroatoms. The molecular formula is C13H21N3S. The van der Waals surface area contributed by atoms with Gasteiger partial charge in [-0.05, 0) is 17.5 Å². The molecule has 1 rings (SSSR count). The van der Waals surface area contributed by atoms with Gasteiger partial charge in [-0.3, -0.25) is 9.88 Å². The zero-order valence-electron chi connectivity index (χ0n) is 10.6. The maximum absolute atomic E-state index is 5.56. The largest absolute Gasteiger partial charge is 0.393 e. The van der Waals surface area contributed by atoms with E-state index in [2.05, 4.69) is 29.8 Å². The van der Waals surface area contributed by atoms with Crippen LogP contribution in [0.15, 0.2) is 24.5 Å². The van der Waals surface area contributed by atoms with Crippen molar-refractivity contribution in [2.24, 2.45) is 11.7 Å². The molecule has 0 bridgehead atoms. The molecule has 1 heterocycles. The Hall–Kier alpha value is -1.00. The Morgan fingerprint density at radius 3 is 2.82 bits per heavy atom. The second-order valence-electron chi connectivity index (χ2n) is 4.71. The molecule has 0 unspecified atom stereocenters. The minimum absolute atomic E-state index is 0.588. The van der Waals surface area contributed by atoms with E-state index in [0.29, 0.717) is 10.9 Å². The summed E-state index contributed by atoms with van der Waals surface area (Å²) in [4.78, 5) is 7.10. The van der Waals surface area contributed by atoms with Crippen molar-refractivity contribution in [1.82, 2.24) is 9.88 Å². The molecule has 0 saturated carbocycles. The number of aromatic nitrogens is 1. The lowest BCUT2D eigenvalue weighted by atomic mass is 10.2. The van der Waals surface area contributed by atoms with E-state index in [1.54, 1.807) is 6.20 Å². The van der Waals surface area contributed by atoms with Gasteiger partial charge in [0.1, 0.15) is 0 Å². The molecule has 0 aliphatic heterocycles. The van der Waals surface area contributed by atoms with Crippen molar-refractivity contribution < 1.29 is 0 Å². The van der Waals surface area contributed by atoms with Gasteiger partial charge in [0.05, 0.1) is 4.99 Å². The molecule has 1 aromatic heterocycles. The first-order valence-electron chi connectivity index (χ1n) is 5.97. The summed E-state index contributed by atoms with van der Waals surface area (Å²) in [6, 6.07) is 4.07. The van der Waals surface area contributed by atoms with Crippen molar-refractivity contribution in [3.05, 3.63) is 30.1 Å². The summed E-state index contributed by atoms with van der Waals surface area (Å²) in [5.41, 5.74) is 6.79. The number of hydrogen-bond donors (Lipinski definition) is 1. The zero-order chi connectivity index (χ0) is 12.7. The van der Waals surface area contributed by atoms with E-state index in [1.807, 2.05) is 12.3 Å². The Bertz CT molecular complexity index is 338. The third-order valence-corrected chi connectivity index (χ3v) is 2.63. The lowest BCUT2D eigenvalue weighted by molar-refractivity contribution is 0.242. The van der Waals surface area contributed by atoms with Gasteiger partial charge in [0.2, 0.25) is 0 Å². The Kier molecular flexibility index (Phi) is 6.08. The van der Waals surface area contributed by atoms with E-state index in [0.717, 1.165) is 26.1 Å². The van der Waals surface area contributed by atoms with Crippen LogP contribution in [0.4, 0.5) is 0 Å². The van der Waals surface area contributed by atoms with E-state index in [-0.39, 0.29) is 0 Å². The average molecular weight is 251 g/mol. The van der Waals surface area contributed by atoms with Crippen molar-refractivity contribution >= 4 is 17.2 Å². The molecule has 0 radical (unpaired) electrons. The number of thiocarbonyl (C=S) groups is 1. The summed E-state index contributed by atoms with van der Waals surface area (Å²) >= 11 is 4.93. The summed E-state index contributed by atoms with van der Waals surface area (Å²) in [6.07, 6.45) is 4.49. The van der Waals surface area contributed by atoms with Crippen LogP contribution >= 0.6 is 12.2 Å². The molecule has 94 valence electrons. The highest BCUT2D eigenvalue weighted by Gasteiger charge is 2.08. The van der Waals surface area contributed by atoms with Gasteiger partial charge in [0.15, 0.2) is 0 Å². The van der Waals surface area contributed by atoms with Crippen LogP contribution in [0.25, 0.3) is 0 Å². The smallest absolute Gasteiger partial charge is 0.0740 e. The first kappa shape index (κ1) is 14.1. The molecule has 0 aromatic carbocycles. The second kappa shape index (κ2) is 7.35. The van der Waals surface area contributed by atoms with Crippen LogP contribution in [0.5, 0.6) is 0 Å². The molecule has 0 fully saturated rings. The minimum Gasteiger partial charge on any atom is -0.393 e. The SMILES string of the molecule is CC(C)CN(CCC(N)=S)Cc1cccnc1. The predicted molar refractivity (Wildman–Crippen MR) is 75.8 cm³/mol. The van der Waals surface area contributed by atoms with Crippen LogP contribution in [0.2, 0.25) is 0 Å². The van der Waals surface area contributed by atoms with Gasteiger partial charge in [-0.2, -0.15) is 0 Å². The van der Waals surface area contributed by atoms with E-state index < -0.39 is 0 Å². The first-order chi connectivity index (χ1) is 8.08. The van der Waals surface area contributed by atoms with Gasteiger partial charge in [-0.25, -0.2) is 0 Å². The maximum atomic E-state index is 5.56. The Morgan fingerprint density at radius 1 is 1.53 bits per heavy atom. The average Bonchev–Trinajstić information content (AvgIpc) is 2.26. The molecule has 0 amide bonds. The van der Waals surface area contributed by atoms with Crippen molar-refractivity contribution in [2.75, 3.05) is 13.1 Å². The fourth-order valence-corrected chi connectivity index (χ4v) is 1.86. The number of nitrogens with zero attached hydrogens (tertiary/aromatic N) is 2. The summed E-state index contributed by atoms with van der Waals surface area (Å²) in [7, 11) is 0. The number of hydrogen-bond acceptors (Lipinski definition) is 3. The third kappa shape index (κ3) is 6.34. The number of pyridine rings is 1. The fraction of sp³-hybridized carbons (Fsp3) is 0.538. The monoisotopic (exact) mass is 251 g/mol. The van der Waals surface area contributed by atoms with E-state index in [4.69, 9.17) is 18.0 Å². The first-order valence-corrected chi connectivity index (χ1v) is 6.38. The number of rotatable bonds is 7. The highest BCUT2D eigenvalue weighted by atomic mass is 32.1. The van der Waals surface area contributed by atoms with Crippen LogP contribution in [-0.4, -0.2) is 28.0 Å². The summed E-state index contributed by atoms with van der Waals surface area (Å²) in [5, 5.41) is 0. The van der Waals surface area contributed by atoms with Crippen molar-refractivity contribution in [3.8, 4) is 0 Å². The van der Waals surface area contributed by atoms with Gasteiger partial charge in [-0.15, -0.1) is 0 Å². The van der Waals surface area contributed by atoms with E-state index in [1.165, 1.54) is 5.56 Å². The zero-order valence-corrected chi connectivity index (χ0v) is 11.4. The summed E-state index contributed by atoms with van der Waals surface area (Å²) in [5.74, 6) is 0.637. The molecule has 0 atom stereocenters. The highest BCUT2D eigenvalue weighted by Crippen LogP contribution is 2.07.